The smallest absolute Gasteiger partial charge is 0.262 e. The first-order valence-corrected chi connectivity index (χ1v) is 7.24. The van der Waals surface area contributed by atoms with Gasteiger partial charge in [-0.15, -0.1) is 0 Å². The molecule has 2 aromatic carbocycles. The van der Waals surface area contributed by atoms with E-state index in [1.165, 1.54) is 0 Å². The maximum absolute atomic E-state index is 11.9. The second-order valence-corrected chi connectivity index (χ2v) is 5.22. The van der Waals surface area contributed by atoms with E-state index in [1.54, 1.807) is 0 Å². The fraction of sp³-hybridized carbons (Fsp3) is 0.188. The Labute approximate surface area is 127 Å². The highest BCUT2D eigenvalue weighted by Crippen LogP contribution is 2.17. The third kappa shape index (κ3) is 4.10. The van der Waals surface area contributed by atoms with Crippen molar-refractivity contribution in [1.82, 2.24) is 0 Å². The van der Waals surface area contributed by atoms with Gasteiger partial charge in [-0.3, -0.25) is 4.79 Å². The van der Waals surface area contributed by atoms with Gasteiger partial charge >= 0.3 is 0 Å². The minimum atomic E-state index is -0.159. The summed E-state index contributed by atoms with van der Waals surface area (Å²) in [6.07, 6.45) is 0.879. The lowest BCUT2D eigenvalue weighted by atomic mass is 10.1. The van der Waals surface area contributed by atoms with Gasteiger partial charge in [0, 0.05) is 10.2 Å². The number of aryl methyl sites for hydroxylation is 1. The highest BCUT2D eigenvalue weighted by molar-refractivity contribution is 9.10. The zero-order valence-corrected chi connectivity index (χ0v) is 12.8. The van der Waals surface area contributed by atoms with E-state index in [1.807, 2.05) is 48.5 Å². The number of para-hydroxylation sites is 1. The summed E-state index contributed by atoms with van der Waals surface area (Å²) < 4.78 is 6.41. The number of rotatable bonds is 5. The van der Waals surface area contributed by atoms with Gasteiger partial charge in [-0.2, -0.15) is 0 Å². The number of carbonyl (C=O) groups is 1. The number of benzene rings is 2. The van der Waals surface area contributed by atoms with Crippen LogP contribution in [0, 0.1) is 0 Å². The molecule has 0 fully saturated rings. The molecular weight excluding hydrogens is 318 g/mol. The van der Waals surface area contributed by atoms with Gasteiger partial charge in [0.1, 0.15) is 5.75 Å². The number of hydrogen-bond acceptors (Lipinski definition) is 2. The van der Waals surface area contributed by atoms with Crippen LogP contribution < -0.4 is 10.1 Å². The maximum atomic E-state index is 11.9. The van der Waals surface area contributed by atoms with E-state index < -0.39 is 0 Å². The lowest BCUT2D eigenvalue weighted by Gasteiger charge is -2.10. The second-order valence-electron chi connectivity index (χ2n) is 4.30. The highest BCUT2D eigenvalue weighted by atomic mass is 79.9. The molecule has 0 saturated heterocycles. The van der Waals surface area contributed by atoms with Crippen molar-refractivity contribution in [1.29, 1.82) is 0 Å². The summed E-state index contributed by atoms with van der Waals surface area (Å²) in [4.78, 5) is 11.9. The molecule has 0 bridgehead atoms. The van der Waals surface area contributed by atoms with Crippen LogP contribution in [0.1, 0.15) is 12.5 Å². The molecule has 3 nitrogen and oxygen atoms in total. The average molecular weight is 334 g/mol. The Balaban J connectivity index is 1.91. The minimum absolute atomic E-state index is 0.000317. The Morgan fingerprint density at radius 2 is 1.85 bits per heavy atom. The zero-order valence-electron chi connectivity index (χ0n) is 11.2. The van der Waals surface area contributed by atoms with Crippen LogP contribution in [0.5, 0.6) is 5.75 Å². The quantitative estimate of drug-likeness (QED) is 0.897. The van der Waals surface area contributed by atoms with Gasteiger partial charge < -0.3 is 10.1 Å². The molecule has 0 aromatic heterocycles. The van der Waals surface area contributed by atoms with Crippen LogP contribution in [0.25, 0.3) is 0 Å². The molecule has 0 saturated carbocycles. The Bertz CT molecular complexity index is 581. The molecule has 0 radical (unpaired) electrons. The Kier molecular flexibility index (Phi) is 5.18. The predicted molar refractivity (Wildman–Crippen MR) is 84.1 cm³/mol. The van der Waals surface area contributed by atoms with E-state index in [0.29, 0.717) is 5.75 Å². The van der Waals surface area contributed by atoms with Crippen molar-refractivity contribution in [2.75, 3.05) is 11.9 Å². The summed E-state index contributed by atoms with van der Waals surface area (Å²) in [5.74, 6) is 0.515. The van der Waals surface area contributed by atoms with Gasteiger partial charge in [0.2, 0.25) is 0 Å². The maximum Gasteiger partial charge on any atom is 0.262 e. The largest absolute Gasteiger partial charge is 0.484 e. The fourth-order valence-corrected chi connectivity index (χ4v) is 2.08. The van der Waals surface area contributed by atoms with Crippen molar-refractivity contribution < 1.29 is 9.53 Å². The number of amides is 1. The number of carbonyl (C=O) groups excluding carboxylic acids is 1. The molecule has 0 heterocycles. The van der Waals surface area contributed by atoms with Crippen molar-refractivity contribution in [3.63, 3.8) is 0 Å². The van der Waals surface area contributed by atoms with E-state index in [2.05, 4.69) is 28.2 Å². The van der Waals surface area contributed by atoms with Crippen molar-refractivity contribution in [3.05, 3.63) is 58.6 Å². The summed E-state index contributed by atoms with van der Waals surface area (Å²) in [6, 6.07) is 15.2. The summed E-state index contributed by atoms with van der Waals surface area (Å²) in [6.45, 7) is 2.06. The molecular formula is C16H16BrNO2. The van der Waals surface area contributed by atoms with E-state index in [9.17, 15) is 4.79 Å². The first-order valence-electron chi connectivity index (χ1n) is 6.45. The van der Waals surface area contributed by atoms with Crippen LogP contribution in [0.2, 0.25) is 0 Å². The molecule has 0 aliphatic carbocycles. The molecule has 0 spiro atoms. The standard InChI is InChI=1S/C16H16BrNO2/c1-2-12-5-3-4-6-15(12)18-16(19)11-20-14-9-7-13(17)8-10-14/h3-10H,2,11H2,1H3,(H,18,19). The number of hydrogen-bond donors (Lipinski definition) is 1. The lowest BCUT2D eigenvalue weighted by molar-refractivity contribution is -0.118. The number of anilines is 1. The SMILES string of the molecule is CCc1ccccc1NC(=O)COc1ccc(Br)cc1. The van der Waals surface area contributed by atoms with Crippen LogP contribution in [0.15, 0.2) is 53.0 Å². The summed E-state index contributed by atoms with van der Waals surface area (Å²) in [5, 5.41) is 2.87. The van der Waals surface area contributed by atoms with Crippen LogP contribution in [-0.4, -0.2) is 12.5 Å². The number of halogens is 1. The molecule has 0 aliphatic heterocycles. The average Bonchev–Trinajstić information content (AvgIpc) is 2.47. The Morgan fingerprint density at radius 1 is 1.15 bits per heavy atom. The number of ether oxygens (including phenoxy) is 1. The predicted octanol–water partition coefficient (Wildman–Crippen LogP) is 4.03. The second kappa shape index (κ2) is 7.10. The Hall–Kier alpha value is -1.81. The van der Waals surface area contributed by atoms with Gasteiger partial charge in [0.05, 0.1) is 0 Å². The first kappa shape index (κ1) is 14.6. The van der Waals surface area contributed by atoms with Gasteiger partial charge in [-0.25, -0.2) is 0 Å². The molecule has 0 unspecified atom stereocenters. The first-order chi connectivity index (χ1) is 9.69. The Morgan fingerprint density at radius 3 is 2.55 bits per heavy atom. The molecule has 2 rings (SSSR count). The zero-order chi connectivity index (χ0) is 14.4. The van der Waals surface area contributed by atoms with Crippen molar-refractivity contribution in [2.24, 2.45) is 0 Å². The van der Waals surface area contributed by atoms with Crippen molar-refractivity contribution >= 4 is 27.5 Å². The lowest BCUT2D eigenvalue weighted by Crippen LogP contribution is -2.20. The molecule has 2 aromatic rings. The van der Waals surface area contributed by atoms with Gasteiger partial charge in [0.15, 0.2) is 6.61 Å². The van der Waals surface area contributed by atoms with E-state index in [-0.39, 0.29) is 12.5 Å². The third-order valence-electron chi connectivity index (χ3n) is 2.86. The summed E-state index contributed by atoms with van der Waals surface area (Å²) in [5.41, 5.74) is 1.96. The van der Waals surface area contributed by atoms with Crippen molar-refractivity contribution in [3.8, 4) is 5.75 Å². The number of nitrogens with one attached hydrogen (secondary N) is 1. The van der Waals surface area contributed by atoms with Crippen LogP contribution >= 0.6 is 15.9 Å². The topological polar surface area (TPSA) is 38.3 Å². The summed E-state index contributed by atoms with van der Waals surface area (Å²) in [7, 11) is 0. The molecule has 104 valence electrons. The van der Waals surface area contributed by atoms with E-state index >= 15 is 0 Å². The summed E-state index contributed by atoms with van der Waals surface area (Å²) >= 11 is 3.35. The minimum Gasteiger partial charge on any atom is -0.484 e. The van der Waals surface area contributed by atoms with Crippen LogP contribution in [-0.2, 0) is 11.2 Å². The van der Waals surface area contributed by atoms with Crippen molar-refractivity contribution in [2.45, 2.75) is 13.3 Å². The van der Waals surface area contributed by atoms with Gasteiger partial charge in [0.25, 0.3) is 5.91 Å². The highest BCUT2D eigenvalue weighted by Gasteiger charge is 2.06. The van der Waals surface area contributed by atoms with Gasteiger partial charge in [-0.05, 0) is 42.3 Å². The van der Waals surface area contributed by atoms with E-state index in [4.69, 9.17) is 4.74 Å². The normalized spacial score (nSPS) is 10.1. The molecule has 1 amide bonds. The molecule has 1 N–H and O–H groups in total. The third-order valence-corrected chi connectivity index (χ3v) is 3.38. The molecule has 20 heavy (non-hydrogen) atoms. The van der Waals surface area contributed by atoms with Gasteiger partial charge in [-0.1, -0.05) is 41.1 Å². The molecule has 4 heteroatoms. The van der Waals surface area contributed by atoms with E-state index in [0.717, 1.165) is 22.1 Å². The van der Waals surface area contributed by atoms with Crippen LogP contribution in [0.4, 0.5) is 5.69 Å². The fourth-order valence-electron chi connectivity index (χ4n) is 1.82. The molecule has 0 atom stereocenters. The molecule has 0 aliphatic rings. The van der Waals surface area contributed by atoms with Crippen LogP contribution in [0.3, 0.4) is 0 Å². The monoisotopic (exact) mass is 333 g/mol.